The molecule has 0 bridgehead atoms. The molecule has 0 heterocycles. The van der Waals surface area contributed by atoms with E-state index in [0.717, 1.165) is 0 Å². The molecule has 0 aliphatic heterocycles. The fourth-order valence-electron chi connectivity index (χ4n) is 0.686. The number of hydrogen-bond donors (Lipinski definition) is 0. The molecule has 0 saturated heterocycles. The summed E-state index contributed by atoms with van der Waals surface area (Å²) in [7, 11) is 0. The topological polar surface area (TPSA) is 0 Å². The van der Waals surface area contributed by atoms with Crippen LogP contribution in [-0.4, -0.2) is 4.32 Å². The molecule has 0 spiro atoms. The summed E-state index contributed by atoms with van der Waals surface area (Å²) >= 11 is 3.50. The Kier molecular flexibility index (Phi) is 2.75. The summed E-state index contributed by atoms with van der Waals surface area (Å²) in [5.74, 6) is 0. The maximum Gasteiger partial charge on any atom is 0.0382 e. The summed E-state index contributed by atoms with van der Waals surface area (Å²) in [6, 6.07) is 0. The van der Waals surface area contributed by atoms with Crippen LogP contribution in [-0.2, 0) is 0 Å². The minimum Gasteiger partial charge on any atom is -0.0814 e. The first-order valence-electron chi connectivity index (χ1n) is 2.77. The maximum atomic E-state index is 3.50. The highest BCUT2D eigenvalue weighted by molar-refractivity contribution is 9.10. The van der Waals surface area contributed by atoms with Gasteiger partial charge in [0, 0.05) is 4.32 Å². The Labute approximate surface area is 60.1 Å². The van der Waals surface area contributed by atoms with Crippen LogP contribution in [0.3, 0.4) is 0 Å². The first-order valence-corrected chi connectivity index (χ1v) is 3.56. The smallest absolute Gasteiger partial charge is 0.0382 e. The number of rotatable bonds is 1. The molecule has 0 N–H and O–H groups in total. The van der Waals surface area contributed by atoms with Gasteiger partial charge in [-0.1, -0.05) is 27.6 Å². The predicted octanol–water partition coefficient (Wildman–Crippen LogP) is 3.13. The molecule has 0 fully saturated rings. The van der Waals surface area contributed by atoms with E-state index in [2.05, 4.69) is 49.7 Å². The summed E-state index contributed by atoms with van der Waals surface area (Å²) in [6.45, 7) is 8.45. The van der Waals surface area contributed by atoms with Gasteiger partial charge in [-0.3, -0.25) is 0 Å². The van der Waals surface area contributed by atoms with E-state index in [1.165, 1.54) is 5.57 Å². The average molecular weight is 177 g/mol. The summed E-state index contributed by atoms with van der Waals surface area (Å²) < 4.78 is 0.172. The van der Waals surface area contributed by atoms with E-state index in [1.54, 1.807) is 0 Å². The lowest BCUT2D eigenvalue weighted by Crippen LogP contribution is -2.03. The van der Waals surface area contributed by atoms with Crippen molar-refractivity contribution >= 4 is 15.9 Å². The van der Waals surface area contributed by atoms with E-state index in [4.69, 9.17) is 0 Å². The third-order valence-corrected chi connectivity index (χ3v) is 0.861. The first-order chi connectivity index (χ1) is 3.42. The van der Waals surface area contributed by atoms with E-state index in [1.807, 2.05) is 0 Å². The Hall–Kier alpha value is 0.220. The van der Waals surface area contributed by atoms with E-state index < -0.39 is 0 Å². The zero-order valence-corrected chi connectivity index (χ0v) is 7.54. The molecular formula is C7H13Br. The monoisotopic (exact) mass is 176 g/mol. The molecule has 8 heavy (non-hydrogen) atoms. The lowest BCUT2D eigenvalue weighted by atomic mass is 10.1. The summed E-state index contributed by atoms with van der Waals surface area (Å²) in [5.41, 5.74) is 1.35. The second-order valence-corrected chi connectivity index (χ2v) is 4.83. The van der Waals surface area contributed by atoms with Crippen molar-refractivity contribution in [3.05, 3.63) is 11.6 Å². The van der Waals surface area contributed by atoms with Crippen molar-refractivity contribution in [3.63, 3.8) is 0 Å². The van der Waals surface area contributed by atoms with Crippen LogP contribution in [0.2, 0.25) is 0 Å². The molecule has 0 aromatic carbocycles. The zero-order valence-electron chi connectivity index (χ0n) is 5.96. The van der Waals surface area contributed by atoms with Crippen LogP contribution in [0.4, 0.5) is 0 Å². The lowest BCUT2D eigenvalue weighted by molar-refractivity contribution is 0.908. The second kappa shape index (κ2) is 2.67. The van der Waals surface area contributed by atoms with Crippen molar-refractivity contribution in [1.82, 2.24) is 0 Å². The van der Waals surface area contributed by atoms with Crippen LogP contribution >= 0.6 is 15.9 Å². The summed E-state index contributed by atoms with van der Waals surface area (Å²) in [4.78, 5) is 0. The third-order valence-electron chi connectivity index (χ3n) is 0.632. The van der Waals surface area contributed by atoms with Gasteiger partial charge in [-0.25, -0.2) is 0 Å². The molecule has 0 radical (unpaired) electrons. The molecule has 0 aliphatic rings. The number of alkyl halides is 1. The van der Waals surface area contributed by atoms with Gasteiger partial charge in [0.1, 0.15) is 0 Å². The van der Waals surface area contributed by atoms with Gasteiger partial charge in [-0.05, 0) is 27.7 Å². The Balaban J connectivity index is 3.89. The van der Waals surface area contributed by atoms with Crippen LogP contribution in [0, 0.1) is 0 Å². The fraction of sp³-hybridized carbons (Fsp3) is 0.714. The van der Waals surface area contributed by atoms with Gasteiger partial charge in [0.15, 0.2) is 0 Å². The molecule has 0 aromatic heterocycles. The van der Waals surface area contributed by atoms with Gasteiger partial charge in [-0.15, -0.1) is 0 Å². The van der Waals surface area contributed by atoms with Crippen LogP contribution in [0.5, 0.6) is 0 Å². The molecule has 0 rings (SSSR count). The first kappa shape index (κ1) is 8.22. The molecule has 0 aromatic rings. The normalized spacial score (nSPS) is 11.1. The van der Waals surface area contributed by atoms with Crippen molar-refractivity contribution in [2.24, 2.45) is 0 Å². The molecular weight excluding hydrogens is 164 g/mol. The predicted molar refractivity (Wildman–Crippen MR) is 42.4 cm³/mol. The molecule has 0 aliphatic carbocycles. The maximum absolute atomic E-state index is 3.50. The quantitative estimate of drug-likeness (QED) is 0.426. The van der Waals surface area contributed by atoms with E-state index in [-0.39, 0.29) is 4.32 Å². The van der Waals surface area contributed by atoms with Crippen molar-refractivity contribution in [1.29, 1.82) is 0 Å². The Morgan fingerprint density at radius 1 is 1.38 bits per heavy atom. The minimum absolute atomic E-state index is 0.172. The van der Waals surface area contributed by atoms with Crippen molar-refractivity contribution < 1.29 is 0 Å². The van der Waals surface area contributed by atoms with Gasteiger partial charge in [0.25, 0.3) is 0 Å². The van der Waals surface area contributed by atoms with Crippen LogP contribution in [0.25, 0.3) is 0 Å². The summed E-state index contributed by atoms with van der Waals surface area (Å²) in [6.07, 6.45) is 2.19. The zero-order chi connectivity index (χ0) is 6.78. The summed E-state index contributed by atoms with van der Waals surface area (Å²) in [5, 5.41) is 0. The highest BCUT2D eigenvalue weighted by Crippen LogP contribution is 2.18. The highest BCUT2D eigenvalue weighted by atomic mass is 79.9. The second-order valence-electron chi connectivity index (χ2n) is 2.79. The molecule has 0 atom stereocenters. The Bertz CT molecular complexity index is 91.4. The van der Waals surface area contributed by atoms with Gasteiger partial charge < -0.3 is 0 Å². The fourth-order valence-corrected chi connectivity index (χ4v) is 1.14. The Morgan fingerprint density at radius 3 is 1.75 bits per heavy atom. The molecule has 0 unspecified atom stereocenters. The largest absolute Gasteiger partial charge is 0.0814 e. The van der Waals surface area contributed by atoms with Crippen LogP contribution in [0.1, 0.15) is 27.7 Å². The van der Waals surface area contributed by atoms with Gasteiger partial charge in [-0.2, -0.15) is 0 Å². The van der Waals surface area contributed by atoms with Crippen LogP contribution in [0.15, 0.2) is 11.6 Å². The van der Waals surface area contributed by atoms with Crippen molar-refractivity contribution in [3.8, 4) is 0 Å². The van der Waals surface area contributed by atoms with E-state index >= 15 is 0 Å². The molecule has 48 valence electrons. The lowest BCUT2D eigenvalue weighted by Gasteiger charge is -2.09. The average Bonchev–Trinajstić information content (AvgIpc) is 1.21. The van der Waals surface area contributed by atoms with E-state index in [0.29, 0.717) is 0 Å². The van der Waals surface area contributed by atoms with Gasteiger partial charge in [0.2, 0.25) is 0 Å². The third kappa shape index (κ3) is 6.22. The standard InChI is InChI=1S/C7H13Br/c1-6(2)5-7(3,4)8/h5H,1-4H3. The molecule has 0 amide bonds. The minimum atomic E-state index is 0.172. The number of hydrogen-bond acceptors (Lipinski definition) is 0. The highest BCUT2D eigenvalue weighted by Gasteiger charge is 2.05. The SMILES string of the molecule is CC(C)=CC(C)(C)Br. The molecule has 1 heteroatoms. The Morgan fingerprint density at radius 2 is 1.75 bits per heavy atom. The number of allylic oxidation sites excluding steroid dienone is 2. The number of halogens is 1. The molecule has 0 saturated carbocycles. The van der Waals surface area contributed by atoms with Crippen LogP contribution < -0.4 is 0 Å². The van der Waals surface area contributed by atoms with E-state index in [9.17, 15) is 0 Å². The van der Waals surface area contributed by atoms with Crippen molar-refractivity contribution in [2.75, 3.05) is 0 Å². The van der Waals surface area contributed by atoms with Gasteiger partial charge >= 0.3 is 0 Å². The van der Waals surface area contributed by atoms with Gasteiger partial charge in [0.05, 0.1) is 0 Å². The molecule has 0 nitrogen and oxygen atoms in total. The van der Waals surface area contributed by atoms with Crippen molar-refractivity contribution in [2.45, 2.75) is 32.0 Å².